The van der Waals surface area contributed by atoms with Crippen LogP contribution in [0.1, 0.15) is 15.9 Å². The maximum absolute atomic E-state index is 12.1. The Morgan fingerprint density at radius 2 is 1.52 bits per heavy atom. The quantitative estimate of drug-likeness (QED) is 0.828. The lowest BCUT2D eigenvalue weighted by atomic mass is 10.1. The van der Waals surface area contributed by atoms with Gasteiger partial charge in [-0.15, -0.1) is 0 Å². The van der Waals surface area contributed by atoms with E-state index in [4.69, 9.17) is 5.11 Å². The summed E-state index contributed by atoms with van der Waals surface area (Å²) in [7, 11) is 0. The molecule has 0 fully saturated rings. The second-order valence-corrected chi connectivity index (χ2v) is 4.49. The normalized spacial score (nSPS) is 11.0. The Balaban J connectivity index is 2.14. The van der Waals surface area contributed by atoms with Crippen molar-refractivity contribution in [3.05, 3.63) is 83.6 Å². The fourth-order valence-electron chi connectivity index (χ4n) is 1.90. The Bertz CT molecular complexity index is 648. The second-order valence-electron chi connectivity index (χ2n) is 4.49. The number of allylic oxidation sites excluding steroid dienone is 1. The summed E-state index contributed by atoms with van der Waals surface area (Å²) in [6.45, 7) is 0. The van der Waals surface area contributed by atoms with Gasteiger partial charge in [-0.25, -0.2) is 4.79 Å². The molecule has 4 heteroatoms. The predicted molar refractivity (Wildman–Crippen MR) is 79.8 cm³/mol. The molecule has 0 unspecified atom stereocenters. The van der Waals surface area contributed by atoms with E-state index in [0.717, 1.165) is 11.6 Å². The summed E-state index contributed by atoms with van der Waals surface area (Å²) >= 11 is 0. The number of nitrogens with one attached hydrogen (secondary N) is 1. The first-order valence-corrected chi connectivity index (χ1v) is 6.49. The summed E-state index contributed by atoms with van der Waals surface area (Å²) < 4.78 is 0. The van der Waals surface area contributed by atoms with Crippen molar-refractivity contribution in [2.45, 2.75) is 6.42 Å². The molecule has 0 saturated carbocycles. The van der Waals surface area contributed by atoms with E-state index in [-0.39, 0.29) is 5.91 Å². The fourth-order valence-corrected chi connectivity index (χ4v) is 1.90. The molecule has 4 nitrogen and oxygen atoms in total. The number of carboxylic acids is 1. The largest absolute Gasteiger partial charge is 0.478 e. The summed E-state index contributed by atoms with van der Waals surface area (Å²) in [6, 6.07) is 18.1. The van der Waals surface area contributed by atoms with Crippen molar-refractivity contribution in [1.82, 2.24) is 5.32 Å². The second kappa shape index (κ2) is 7.05. The first-order valence-electron chi connectivity index (χ1n) is 6.49. The van der Waals surface area contributed by atoms with Gasteiger partial charge in [-0.3, -0.25) is 4.79 Å². The van der Waals surface area contributed by atoms with E-state index in [1.54, 1.807) is 24.3 Å². The standard InChI is InChI=1S/C17H15NO3/c19-16(20)12-15(11-13-7-3-1-4-8-13)18-17(21)14-9-5-2-6-10-14/h1-10,12H,11H2,(H,18,21)(H,19,20)/b15-12-. The number of rotatable bonds is 5. The lowest BCUT2D eigenvalue weighted by molar-refractivity contribution is -0.131. The average molecular weight is 281 g/mol. The van der Waals surface area contributed by atoms with Gasteiger partial charge in [0.1, 0.15) is 0 Å². The average Bonchev–Trinajstić information content (AvgIpc) is 2.48. The number of hydrogen-bond donors (Lipinski definition) is 2. The van der Waals surface area contributed by atoms with Gasteiger partial charge in [0.05, 0.1) is 0 Å². The zero-order valence-electron chi connectivity index (χ0n) is 11.3. The van der Waals surface area contributed by atoms with Crippen molar-refractivity contribution in [1.29, 1.82) is 0 Å². The minimum Gasteiger partial charge on any atom is -0.478 e. The van der Waals surface area contributed by atoms with E-state index < -0.39 is 5.97 Å². The first-order chi connectivity index (χ1) is 10.1. The van der Waals surface area contributed by atoms with Crippen molar-refractivity contribution >= 4 is 11.9 Å². The van der Waals surface area contributed by atoms with E-state index in [0.29, 0.717) is 17.7 Å². The molecule has 0 aliphatic heterocycles. The molecule has 106 valence electrons. The predicted octanol–water partition coefficient (Wildman–Crippen LogP) is 2.63. The van der Waals surface area contributed by atoms with Gasteiger partial charge in [0.2, 0.25) is 0 Å². The summed E-state index contributed by atoms with van der Waals surface area (Å²) in [5.74, 6) is -1.41. The Hall–Kier alpha value is -2.88. The third-order valence-electron chi connectivity index (χ3n) is 2.85. The highest BCUT2D eigenvalue weighted by Gasteiger charge is 2.09. The molecule has 2 N–H and O–H groups in total. The lowest BCUT2D eigenvalue weighted by Gasteiger charge is -2.09. The maximum atomic E-state index is 12.1. The molecule has 0 aliphatic carbocycles. The third-order valence-corrected chi connectivity index (χ3v) is 2.85. The number of benzene rings is 2. The van der Waals surface area contributed by atoms with Gasteiger partial charge in [0.25, 0.3) is 5.91 Å². The van der Waals surface area contributed by atoms with Crippen LogP contribution in [-0.2, 0) is 11.2 Å². The molecule has 0 spiro atoms. The highest BCUT2D eigenvalue weighted by molar-refractivity contribution is 5.96. The highest BCUT2D eigenvalue weighted by Crippen LogP contribution is 2.07. The molecule has 2 aromatic rings. The van der Waals surface area contributed by atoms with Crippen LogP contribution in [0.2, 0.25) is 0 Å². The molecule has 0 aromatic heterocycles. The van der Waals surface area contributed by atoms with Crippen LogP contribution in [0, 0.1) is 0 Å². The van der Waals surface area contributed by atoms with E-state index in [1.165, 1.54) is 0 Å². The Morgan fingerprint density at radius 1 is 0.952 bits per heavy atom. The van der Waals surface area contributed by atoms with Crippen molar-refractivity contribution in [3.8, 4) is 0 Å². The van der Waals surface area contributed by atoms with Gasteiger partial charge in [0.15, 0.2) is 0 Å². The molecule has 0 radical (unpaired) electrons. The number of carbonyl (C=O) groups excluding carboxylic acids is 1. The van der Waals surface area contributed by atoms with E-state index >= 15 is 0 Å². The topological polar surface area (TPSA) is 66.4 Å². The van der Waals surface area contributed by atoms with Gasteiger partial charge in [-0.1, -0.05) is 48.5 Å². The number of amides is 1. The third kappa shape index (κ3) is 4.62. The van der Waals surface area contributed by atoms with Gasteiger partial charge in [-0.05, 0) is 17.7 Å². The van der Waals surface area contributed by atoms with Crippen LogP contribution in [-0.4, -0.2) is 17.0 Å². The van der Waals surface area contributed by atoms with Crippen LogP contribution in [0.4, 0.5) is 0 Å². The zero-order chi connectivity index (χ0) is 15.1. The van der Waals surface area contributed by atoms with Crippen LogP contribution in [0.25, 0.3) is 0 Å². The van der Waals surface area contributed by atoms with Crippen molar-refractivity contribution < 1.29 is 14.7 Å². The van der Waals surface area contributed by atoms with Crippen LogP contribution >= 0.6 is 0 Å². The van der Waals surface area contributed by atoms with E-state index in [9.17, 15) is 9.59 Å². The van der Waals surface area contributed by atoms with Crippen LogP contribution in [0.5, 0.6) is 0 Å². The van der Waals surface area contributed by atoms with Crippen molar-refractivity contribution in [2.24, 2.45) is 0 Å². The molecule has 21 heavy (non-hydrogen) atoms. The molecule has 0 atom stereocenters. The molecule has 0 saturated heterocycles. The molecule has 2 rings (SSSR count). The molecule has 0 aliphatic rings. The van der Waals surface area contributed by atoms with E-state index in [2.05, 4.69) is 5.32 Å². The fraction of sp³-hybridized carbons (Fsp3) is 0.0588. The molecular weight excluding hydrogens is 266 g/mol. The SMILES string of the molecule is O=C(O)/C=C(/Cc1ccccc1)NC(=O)c1ccccc1. The van der Waals surface area contributed by atoms with Gasteiger partial charge in [-0.2, -0.15) is 0 Å². The number of hydrogen-bond acceptors (Lipinski definition) is 2. The summed E-state index contributed by atoms with van der Waals surface area (Å²) in [6.07, 6.45) is 1.37. The first kappa shape index (κ1) is 14.5. The van der Waals surface area contributed by atoms with Crippen LogP contribution in [0.3, 0.4) is 0 Å². The Morgan fingerprint density at radius 3 is 2.10 bits per heavy atom. The number of carboxylic acid groups (broad SMARTS) is 1. The molecule has 0 heterocycles. The molecule has 1 amide bonds. The zero-order valence-corrected chi connectivity index (χ0v) is 11.3. The van der Waals surface area contributed by atoms with Gasteiger partial charge < -0.3 is 10.4 Å². The summed E-state index contributed by atoms with van der Waals surface area (Å²) in [4.78, 5) is 23.0. The maximum Gasteiger partial charge on any atom is 0.330 e. The lowest BCUT2D eigenvalue weighted by Crippen LogP contribution is -2.24. The molecule has 0 bridgehead atoms. The van der Waals surface area contributed by atoms with Crippen molar-refractivity contribution in [3.63, 3.8) is 0 Å². The smallest absolute Gasteiger partial charge is 0.330 e. The summed E-state index contributed by atoms with van der Waals surface area (Å²) in [5, 5.41) is 11.6. The highest BCUT2D eigenvalue weighted by atomic mass is 16.4. The minimum atomic E-state index is -1.09. The van der Waals surface area contributed by atoms with Crippen LogP contribution < -0.4 is 5.32 Å². The molecule has 2 aromatic carbocycles. The van der Waals surface area contributed by atoms with Gasteiger partial charge in [0, 0.05) is 23.8 Å². The van der Waals surface area contributed by atoms with Crippen LogP contribution in [0.15, 0.2) is 72.4 Å². The number of aliphatic carboxylic acids is 1. The molecular formula is C17H15NO3. The Kier molecular flexibility index (Phi) is 4.88. The van der Waals surface area contributed by atoms with Crippen molar-refractivity contribution in [2.75, 3.05) is 0 Å². The monoisotopic (exact) mass is 281 g/mol. The summed E-state index contributed by atoms with van der Waals surface area (Å²) in [5.41, 5.74) is 1.77. The number of carbonyl (C=O) groups is 2. The van der Waals surface area contributed by atoms with E-state index in [1.807, 2.05) is 36.4 Å². The minimum absolute atomic E-state index is 0.320. The Labute approximate surface area is 122 Å². The van der Waals surface area contributed by atoms with Gasteiger partial charge >= 0.3 is 5.97 Å².